The molecule has 0 saturated heterocycles. The van der Waals surface area contributed by atoms with Gasteiger partial charge in [0.2, 0.25) is 0 Å². The molecule has 0 unspecified atom stereocenters. The van der Waals surface area contributed by atoms with Gasteiger partial charge >= 0.3 is 5.97 Å². The van der Waals surface area contributed by atoms with Crippen molar-refractivity contribution >= 4 is 23.2 Å². The summed E-state index contributed by atoms with van der Waals surface area (Å²) in [5.41, 5.74) is 1.68. The van der Waals surface area contributed by atoms with Gasteiger partial charge in [-0.1, -0.05) is 11.6 Å². The van der Waals surface area contributed by atoms with E-state index in [2.05, 4.69) is 4.98 Å². The number of ether oxygens (including phenoxy) is 2. The van der Waals surface area contributed by atoms with Crippen LogP contribution < -0.4 is 4.74 Å². The van der Waals surface area contributed by atoms with Crippen LogP contribution in [0.3, 0.4) is 0 Å². The van der Waals surface area contributed by atoms with Crippen molar-refractivity contribution < 1.29 is 14.3 Å². The molecule has 0 bridgehead atoms. The highest BCUT2D eigenvalue weighted by Crippen LogP contribution is 2.18. The molecule has 0 fully saturated rings. The molecule has 112 valence electrons. The first-order chi connectivity index (χ1) is 10.7. The van der Waals surface area contributed by atoms with Crippen molar-refractivity contribution in [2.75, 3.05) is 7.11 Å². The van der Waals surface area contributed by atoms with Gasteiger partial charge in [-0.05, 0) is 36.4 Å². The molecule has 0 saturated carbocycles. The molecular weight excluding hydrogens is 304 g/mol. The smallest absolute Gasteiger partial charge is 0.341 e. The SMILES string of the molecule is COC(=O)c1cccn2cc(COc3ccc(Cl)cc3)nc12. The number of rotatable bonds is 4. The van der Waals surface area contributed by atoms with Gasteiger partial charge in [-0.15, -0.1) is 0 Å². The molecule has 0 radical (unpaired) electrons. The van der Waals surface area contributed by atoms with Gasteiger partial charge in [-0.25, -0.2) is 9.78 Å². The van der Waals surface area contributed by atoms with Gasteiger partial charge in [0.1, 0.15) is 17.9 Å². The lowest BCUT2D eigenvalue weighted by molar-refractivity contribution is 0.0602. The third-order valence-corrected chi connectivity index (χ3v) is 3.39. The minimum absolute atomic E-state index is 0.296. The highest BCUT2D eigenvalue weighted by Gasteiger charge is 2.13. The maximum atomic E-state index is 11.7. The Hall–Kier alpha value is -2.53. The first-order valence-electron chi connectivity index (χ1n) is 6.60. The Kier molecular flexibility index (Phi) is 3.98. The lowest BCUT2D eigenvalue weighted by Gasteiger charge is -2.03. The Bertz CT molecular complexity index is 812. The zero-order valence-corrected chi connectivity index (χ0v) is 12.6. The Labute approximate surface area is 132 Å². The largest absolute Gasteiger partial charge is 0.487 e. The van der Waals surface area contributed by atoms with Gasteiger partial charge in [0.15, 0.2) is 5.65 Å². The Balaban J connectivity index is 1.83. The predicted octanol–water partition coefficient (Wildman–Crippen LogP) is 3.35. The van der Waals surface area contributed by atoms with Crippen LogP contribution in [0.1, 0.15) is 16.1 Å². The minimum Gasteiger partial charge on any atom is -0.487 e. The zero-order chi connectivity index (χ0) is 15.5. The first-order valence-corrected chi connectivity index (χ1v) is 6.98. The molecule has 2 aromatic heterocycles. The van der Waals surface area contributed by atoms with Crippen LogP contribution >= 0.6 is 11.6 Å². The Morgan fingerprint density at radius 2 is 2.05 bits per heavy atom. The minimum atomic E-state index is -0.415. The van der Waals surface area contributed by atoms with Crippen molar-refractivity contribution in [3.05, 3.63) is 65.1 Å². The van der Waals surface area contributed by atoms with Crippen molar-refractivity contribution in [2.45, 2.75) is 6.61 Å². The summed E-state index contributed by atoms with van der Waals surface area (Å²) in [4.78, 5) is 16.2. The van der Waals surface area contributed by atoms with Crippen LogP contribution in [0.5, 0.6) is 5.75 Å². The monoisotopic (exact) mass is 316 g/mol. The van der Waals surface area contributed by atoms with E-state index >= 15 is 0 Å². The van der Waals surface area contributed by atoms with E-state index in [1.54, 1.807) is 40.8 Å². The molecule has 6 heteroatoms. The summed E-state index contributed by atoms with van der Waals surface area (Å²) >= 11 is 5.83. The molecule has 3 rings (SSSR count). The number of benzene rings is 1. The summed E-state index contributed by atoms with van der Waals surface area (Å²) < 4.78 is 12.2. The van der Waals surface area contributed by atoms with E-state index < -0.39 is 5.97 Å². The number of pyridine rings is 1. The van der Waals surface area contributed by atoms with Crippen LogP contribution in [0, 0.1) is 0 Å². The third kappa shape index (κ3) is 2.89. The third-order valence-electron chi connectivity index (χ3n) is 3.14. The number of aromatic nitrogens is 2. The summed E-state index contributed by atoms with van der Waals surface area (Å²) in [6, 6.07) is 10.5. The van der Waals surface area contributed by atoms with E-state index in [4.69, 9.17) is 21.1 Å². The fourth-order valence-corrected chi connectivity index (χ4v) is 2.22. The van der Waals surface area contributed by atoms with Gasteiger partial charge < -0.3 is 13.9 Å². The molecule has 0 amide bonds. The topological polar surface area (TPSA) is 52.8 Å². The number of hydrogen-bond donors (Lipinski definition) is 0. The molecule has 1 aromatic carbocycles. The van der Waals surface area contributed by atoms with Crippen molar-refractivity contribution in [3.63, 3.8) is 0 Å². The number of fused-ring (bicyclic) bond motifs is 1. The number of carbonyl (C=O) groups excluding carboxylic acids is 1. The molecule has 0 aliphatic rings. The molecule has 22 heavy (non-hydrogen) atoms. The number of carbonyl (C=O) groups is 1. The number of esters is 1. The van der Waals surface area contributed by atoms with Crippen molar-refractivity contribution in [3.8, 4) is 5.75 Å². The average molecular weight is 317 g/mol. The average Bonchev–Trinajstić information content (AvgIpc) is 2.96. The van der Waals surface area contributed by atoms with Crippen LogP contribution in [0.25, 0.3) is 5.65 Å². The van der Waals surface area contributed by atoms with Gasteiger partial charge in [0.25, 0.3) is 0 Å². The van der Waals surface area contributed by atoms with E-state index in [0.717, 1.165) is 0 Å². The molecule has 2 heterocycles. The van der Waals surface area contributed by atoms with Crippen molar-refractivity contribution in [1.29, 1.82) is 0 Å². The second kappa shape index (κ2) is 6.07. The van der Waals surface area contributed by atoms with Crippen LogP contribution in [-0.4, -0.2) is 22.5 Å². The lowest BCUT2D eigenvalue weighted by atomic mass is 10.3. The van der Waals surface area contributed by atoms with E-state index in [0.29, 0.717) is 34.3 Å². The summed E-state index contributed by atoms with van der Waals surface area (Å²) in [6.07, 6.45) is 3.64. The van der Waals surface area contributed by atoms with E-state index in [1.165, 1.54) is 7.11 Å². The first kappa shape index (κ1) is 14.4. The second-order valence-corrected chi connectivity index (χ2v) is 5.06. The van der Waals surface area contributed by atoms with Crippen molar-refractivity contribution in [1.82, 2.24) is 9.38 Å². The van der Waals surface area contributed by atoms with Crippen molar-refractivity contribution in [2.24, 2.45) is 0 Å². The van der Waals surface area contributed by atoms with Gasteiger partial charge in [-0.2, -0.15) is 0 Å². The Morgan fingerprint density at radius 1 is 1.27 bits per heavy atom. The fraction of sp³-hybridized carbons (Fsp3) is 0.125. The quantitative estimate of drug-likeness (QED) is 0.693. The molecule has 0 spiro atoms. The number of nitrogens with zero attached hydrogens (tertiary/aromatic N) is 2. The molecule has 5 nitrogen and oxygen atoms in total. The summed E-state index contributed by atoms with van der Waals surface area (Å²) in [6.45, 7) is 0.296. The van der Waals surface area contributed by atoms with E-state index in [-0.39, 0.29) is 0 Å². The molecule has 3 aromatic rings. The molecule has 0 aliphatic carbocycles. The Morgan fingerprint density at radius 3 is 2.77 bits per heavy atom. The van der Waals surface area contributed by atoms with E-state index in [1.807, 2.05) is 12.4 Å². The number of halogens is 1. The molecule has 0 atom stereocenters. The van der Waals surface area contributed by atoms with E-state index in [9.17, 15) is 4.79 Å². The summed E-state index contributed by atoms with van der Waals surface area (Å²) in [7, 11) is 1.35. The van der Waals surface area contributed by atoms with Crippen LogP contribution in [0.4, 0.5) is 0 Å². The summed E-state index contributed by atoms with van der Waals surface area (Å²) in [5.74, 6) is 0.288. The van der Waals surface area contributed by atoms with Gasteiger partial charge in [0.05, 0.1) is 12.8 Å². The number of hydrogen-bond acceptors (Lipinski definition) is 4. The van der Waals surface area contributed by atoms with Crippen LogP contribution in [0.2, 0.25) is 5.02 Å². The number of methoxy groups -OCH3 is 1. The zero-order valence-electron chi connectivity index (χ0n) is 11.8. The standard InChI is InChI=1S/C16H13ClN2O3/c1-21-16(20)14-3-2-8-19-9-12(18-15(14)19)10-22-13-6-4-11(17)5-7-13/h2-9H,10H2,1H3. The molecule has 0 aliphatic heterocycles. The lowest BCUT2D eigenvalue weighted by Crippen LogP contribution is -2.03. The summed E-state index contributed by atoms with van der Waals surface area (Å²) in [5, 5.41) is 0.655. The fourth-order valence-electron chi connectivity index (χ4n) is 2.09. The van der Waals surface area contributed by atoms with Gasteiger partial charge in [0, 0.05) is 17.4 Å². The maximum Gasteiger partial charge on any atom is 0.341 e. The number of imidazole rings is 1. The van der Waals surface area contributed by atoms with Crippen LogP contribution in [-0.2, 0) is 11.3 Å². The highest BCUT2D eigenvalue weighted by atomic mass is 35.5. The second-order valence-electron chi connectivity index (χ2n) is 4.62. The maximum absolute atomic E-state index is 11.7. The highest BCUT2D eigenvalue weighted by molar-refractivity contribution is 6.30. The predicted molar refractivity (Wildman–Crippen MR) is 82.3 cm³/mol. The molecule has 0 N–H and O–H groups in total. The molecular formula is C16H13ClN2O3. The van der Waals surface area contributed by atoms with Gasteiger partial charge in [-0.3, -0.25) is 0 Å². The normalized spacial score (nSPS) is 10.6. The van der Waals surface area contributed by atoms with Crippen LogP contribution in [0.15, 0.2) is 48.8 Å².